The zero-order chi connectivity index (χ0) is 27.5. The van der Waals surface area contributed by atoms with E-state index in [-0.39, 0.29) is 16.6 Å². The molecule has 1 aliphatic carbocycles. The van der Waals surface area contributed by atoms with Gasteiger partial charge in [0.15, 0.2) is 5.75 Å². The second-order valence-electron chi connectivity index (χ2n) is 10.5. The van der Waals surface area contributed by atoms with Crippen molar-refractivity contribution in [2.24, 2.45) is 11.1 Å². The van der Waals surface area contributed by atoms with E-state index in [1.165, 1.54) is 31.7 Å². The van der Waals surface area contributed by atoms with Crippen molar-refractivity contribution in [2.75, 3.05) is 31.6 Å². The Morgan fingerprint density at radius 3 is 2.13 bits per heavy atom. The maximum absolute atomic E-state index is 13.7. The summed E-state index contributed by atoms with van der Waals surface area (Å²) in [6.45, 7) is 6.36. The highest BCUT2D eigenvalue weighted by Gasteiger charge is 2.28. The number of ether oxygens (including phenoxy) is 1. The summed E-state index contributed by atoms with van der Waals surface area (Å²) in [5.74, 6) is 0.954. The summed E-state index contributed by atoms with van der Waals surface area (Å²) in [7, 11) is -2.38. The van der Waals surface area contributed by atoms with Crippen LogP contribution in [0.5, 0.6) is 11.5 Å². The first-order valence-electron chi connectivity index (χ1n) is 14.2. The van der Waals surface area contributed by atoms with Crippen LogP contribution >= 0.6 is 0 Å². The van der Waals surface area contributed by atoms with E-state index >= 15 is 0 Å². The van der Waals surface area contributed by atoms with E-state index in [1.807, 2.05) is 25.2 Å². The van der Waals surface area contributed by atoms with Gasteiger partial charge >= 0.3 is 0 Å². The third-order valence-electron chi connectivity index (χ3n) is 7.31. The van der Waals surface area contributed by atoms with Crippen molar-refractivity contribution < 1.29 is 17.9 Å². The van der Waals surface area contributed by atoms with Crippen LogP contribution in [0.2, 0.25) is 0 Å². The second-order valence-corrected chi connectivity index (χ2v) is 12.1. The SMILES string of the molecule is CCCCN(CCCC)c1cc(C(=O)N(C)CC2CCCCCC2)cc(S(N)(=O)=O)c1Oc1ccccc1. The van der Waals surface area contributed by atoms with Gasteiger partial charge in [-0.1, -0.05) is 70.6 Å². The fourth-order valence-electron chi connectivity index (χ4n) is 5.15. The first kappa shape index (κ1) is 30.0. The molecule has 0 unspecified atom stereocenters. The molecule has 0 spiro atoms. The van der Waals surface area contributed by atoms with Gasteiger partial charge in [-0.05, 0) is 55.9 Å². The Bertz CT molecular complexity index is 1120. The maximum atomic E-state index is 13.7. The highest BCUT2D eigenvalue weighted by atomic mass is 32.2. The topological polar surface area (TPSA) is 92.9 Å². The zero-order valence-electron chi connectivity index (χ0n) is 23.3. The minimum atomic E-state index is -4.19. The molecule has 1 aliphatic rings. The number of sulfonamides is 1. The molecule has 1 fully saturated rings. The standard InChI is InChI=1S/C30H45N3O4S/c1-4-6-19-33(20-7-5-2)27-21-25(30(34)32(3)23-24-15-11-8-9-12-16-24)22-28(38(31,35)36)29(27)37-26-17-13-10-14-18-26/h10,13-14,17-18,21-22,24H,4-9,11-12,15-16,19-20,23H2,1-3H3,(H2,31,35,36). The molecule has 0 saturated heterocycles. The highest BCUT2D eigenvalue weighted by molar-refractivity contribution is 7.89. The number of hydrogen-bond acceptors (Lipinski definition) is 5. The number of para-hydroxylation sites is 1. The molecular weight excluding hydrogens is 498 g/mol. The van der Waals surface area contributed by atoms with Crippen molar-refractivity contribution >= 4 is 21.6 Å². The van der Waals surface area contributed by atoms with Gasteiger partial charge in [0, 0.05) is 32.2 Å². The third-order valence-corrected chi connectivity index (χ3v) is 8.23. The largest absolute Gasteiger partial charge is 0.454 e. The van der Waals surface area contributed by atoms with Crippen molar-refractivity contribution in [3.63, 3.8) is 0 Å². The van der Waals surface area contributed by atoms with E-state index in [9.17, 15) is 13.2 Å². The molecule has 0 radical (unpaired) electrons. The number of benzene rings is 2. The molecular formula is C30H45N3O4S. The molecule has 1 amide bonds. The van der Waals surface area contributed by atoms with Crippen LogP contribution in [0.3, 0.4) is 0 Å². The van der Waals surface area contributed by atoms with E-state index in [1.54, 1.807) is 23.1 Å². The molecule has 38 heavy (non-hydrogen) atoms. The molecule has 8 heteroatoms. The summed E-state index contributed by atoms with van der Waals surface area (Å²) in [6.07, 6.45) is 11.0. The van der Waals surface area contributed by atoms with Crippen molar-refractivity contribution in [1.82, 2.24) is 4.90 Å². The number of carbonyl (C=O) groups excluding carboxylic acids is 1. The lowest BCUT2D eigenvalue weighted by Crippen LogP contribution is -2.33. The van der Waals surface area contributed by atoms with Crippen molar-refractivity contribution in [3.05, 3.63) is 48.0 Å². The predicted octanol–water partition coefficient (Wildman–Crippen LogP) is 6.58. The number of anilines is 1. The van der Waals surface area contributed by atoms with E-state index < -0.39 is 10.0 Å². The number of nitrogens with two attached hydrogens (primary N) is 1. The normalized spacial score (nSPS) is 14.6. The summed E-state index contributed by atoms with van der Waals surface area (Å²) in [5, 5.41) is 5.74. The van der Waals surface area contributed by atoms with E-state index in [0.29, 0.717) is 29.5 Å². The number of amides is 1. The maximum Gasteiger partial charge on any atom is 0.253 e. The molecule has 0 aromatic heterocycles. The number of carbonyl (C=O) groups is 1. The Balaban J connectivity index is 2.08. The van der Waals surface area contributed by atoms with Gasteiger partial charge in [0.1, 0.15) is 10.6 Å². The van der Waals surface area contributed by atoms with Crippen LogP contribution in [0.15, 0.2) is 47.4 Å². The van der Waals surface area contributed by atoms with Crippen molar-refractivity contribution in [2.45, 2.75) is 83.0 Å². The monoisotopic (exact) mass is 543 g/mol. The molecule has 7 nitrogen and oxygen atoms in total. The lowest BCUT2D eigenvalue weighted by Gasteiger charge is -2.29. The van der Waals surface area contributed by atoms with Crippen LogP contribution in [0.4, 0.5) is 5.69 Å². The van der Waals surface area contributed by atoms with Gasteiger partial charge in [0.05, 0.1) is 5.69 Å². The Morgan fingerprint density at radius 2 is 1.58 bits per heavy atom. The smallest absolute Gasteiger partial charge is 0.253 e. The van der Waals surface area contributed by atoms with E-state index in [2.05, 4.69) is 18.7 Å². The van der Waals surface area contributed by atoms with Gasteiger partial charge in [-0.2, -0.15) is 0 Å². The summed E-state index contributed by atoms with van der Waals surface area (Å²) < 4.78 is 32.0. The Kier molecular flexibility index (Phi) is 11.5. The fraction of sp³-hybridized carbons (Fsp3) is 0.567. The van der Waals surface area contributed by atoms with Gasteiger partial charge < -0.3 is 14.5 Å². The Morgan fingerprint density at radius 1 is 0.974 bits per heavy atom. The Labute approximate surface area is 229 Å². The molecule has 0 bridgehead atoms. The third kappa shape index (κ3) is 8.46. The first-order chi connectivity index (χ1) is 18.2. The average Bonchev–Trinajstić information content (AvgIpc) is 3.17. The zero-order valence-corrected chi connectivity index (χ0v) is 24.1. The van der Waals surface area contributed by atoms with E-state index in [0.717, 1.165) is 51.6 Å². The molecule has 0 atom stereocenters. The molecule has 210 valence electrons. The average molecular weight is 544 g/mol. The van der Waals surface area contributed by atoms with Crippen LogP contribution in [0, 0.1) is 5.92 Å². The summed E-state index contributed by atoms with van der Waals surface area (Å²) in [6, 6.07) is 12.3. The number of primary sulfonamides is 1. The number of rotatable bonds is 13. The quantitative estimate of drug-likeness (QED) is 0.288. The van der Waals surface area contributed by atoms with Gasteiger partial charge in [-0.25, -0.2) is 13.6 Å². The minimum Gasteiger partial charge on any atom is -0.454 e. The second kappa shape index (κ2) is 14.5. The van der Waals surface area contributed by atoms with Gasteiger partial charge in [0.2, 0.25) is 10.0 Å². The van der Waals surface area contributed by atoms with Crippen LogP contribution in [-0.4, -0.2) is 45.9 Å². The molecule has 0 aliphatic heterocycles. The summed E-state index contributed by atoms with van der Waals surface area (Å²) in [5.41, 5.74) is 0.909. The van der Waals surface area contributed by atoms with Gasteiger partial charge in [-0.3, -0.25) is 4.79 Å². The van der Waals surface area contributed by atoms with Gasteiger partial charge in [-0.15, -0.1) is 0 Å². The van der Waals surface area contributed by atoms with Gasteiger partial charge in [0.25, 0.3) is 5.91 Å². The summed E-state index contributed by atoms with van der Waals surface area (Å²) >= 11 is 0. The number of unbranched alkanes of at least 4 members (excludes halogenated alkanes) is 2. The highest BCUT2D eigenvalue weighted by Crippen LogP contribution is 2.40. The van der Waals surface area contributed by atoms with Crippen molar-refractivity contribution in [3.8, 4) is 11.5 Å². The van der Waals surface area contributed by atoms with Crippen LogP contribution in [0.1, 0.15) is 88.4 Å². The van der Waals surface area contributed by atoms with Crippen LogP contribution in [-0.2, 0) is 10.0 Å². The molecule has 2 aromatic carbocycles. The van der Waals surface area contributed by atoms with Crippen LogP contribution in [0.25, 0.3) is 0 Å². The molecule has 1 saturated carbocycles. The molecule has 2 N–H and O–H groups in total. The number of hydrogen-bond donors (Lipinski definition) is 1. The van der Waals surface area contributed by atoms with E-state index in [4.69, 9.17) is 9.88 Å². The van der Waals surface area contributed by atoms with Crippen molar-refractivity contribution in [1.29, 1.82) is 0 Å². The predicted molar refractivity (Wildman–Crippen MR) is 155 cm³/mol. The molecule has 2 aromatic rings. The fourth-order valence-corrected chi connectivity index (χ4v) is 5.85. The first-order valence-corrected chi connectivity index (χ1v) is 15.7. The summed E-state index contributed by atoms with van der Waals surface area (Å²) in [4.78, 5) is 17.4. The lowest BCUT2D eigenvalue weighted by molar-refractivity contribution is 0.0767. The lowest BCUT2D eigenvalue weighted by atomic mass is 9.99. The Hall–Kier alpha value is -2.58. The number of nitrogens with zero attached hydrogens (tertiary/aromatic N) is 2. The van der Waals surface area contributed by atoms with Crippen LogP contribution < -0.4 is 14.8 Å². The minimum absolute atomic E-state index is 0.164. The molecule has 0 heterocycles. The molecule has 3 rings (SSSR count).